The Labute approximate surface area is 572 Å². The van der Waals surface area contributed by atoms with Crippen molar-refractivity contribution in [3.8, 4) is 113 Å². The zero-order valence-electron chi connectivity index (χ0n) is 53.6. The molecule has 0 atom stereocenters. The van der Waals surface area contributed by atoms with Gasteiger partial charge in [0, 0.05) is 94.2 Å². The molecule has 10 heteroatoms. The first-order chi connectivity index (χ1) is 49.5. The molecular formula is C90H54N8O2. The van der Waals surface area contributed by atoms with E-state index in [-0.39, 0.29) is 0 Å². The van der Waals surface area contributed by atoms with Crippen molar-refractivity contribution < 1.29 is 8.83 Å². The van der Waals surface area contributed by atoms with Crippen LogP contribution >= 0.6 is 0 Å². The molecule has 0 bridgehead atoms. The molecule has 10 nitrogen and oxygen atoms in total. The molecule has 0 spiro atoms. The highest BCUT2D eigenvalue weighted by Crippen LogP contribution is 2.46. The second-order valence-electron chi connectivity index (χ2n) is 25.3. The third-order valence-electron chi connectivity index (χ3n) is 19.5. The molecule has 100 heavy (non-hydrogen) atoms. The quantitative estimate of drug-likeness (QED) is 0.126. The standard InChI is InChI=1S/C90H54N8O2/c1-5-22-58(23-6-1)64-34-21-35-70-66-31-14-18-37-76(66)98(84(64)70)79-54-83-72(69-33-16-20-39-81(69)100-83)52-74(79)90-95-87(61-28-11-4-12-29-61)92-88(96-90)62-46-44-56(45-47-62)55-40-42-57(43-41-55)63-48-49-67-65-30-13-17-36-75(65)97(77(67)50-63)78-53-82-71(68-32-15-19-38-80(68)99-82)51-73(78)89-93-85(59-24-7-2-8-25-59)91-86(94-89)60-26-9-3-10-27-60/h1-54H. The maximum atomic E-state index is 6.71. The van der Waals surface area contributed by atoms with Gasteiger partial charge in [0.25, 0.3) is 0 Å². The van der Waals surface area contributed by atoms with Crippen LogP contribution in [0.4, 0.5) is 0 Å². The molecule has 0 unspecified atom stereocenters. The molecule has 0 aliphatic carbocycles. The molecule has 0 saturated carbocycles. The first-order valence-corrected chi connectivity index (χ1v) is 33.5. The molecule has 0 N–H and O–H groups in total. The van der Waals surface area contributed by atoms with E-state index in [1.807, 2.05) is 103 Å². The third kappa shape index (κ3) is 9.41. The fourth-order valence-electron chi connectivity index (χ4n) is 14.7. The summed E-state index contributed by atoms with van der Waals surface area (Å²) in [6, 6.07) is 114. The lowest BCUT2D eigenvalue weighted by Crippen LogP contribution is -2.04. The molecule has 6 aromatic heterocycles. The Morgan fingerprint density at radius 2 is 0.540 bits per heavy atom. The van der Waals surface area contributed by atoms with Gasteiger partial charge >= 0.3 is 0 Å². The van der Waals surface area contributed by atoms with Crippen LogP contribution in [0.1, 0.15) is 0 Å². The van der Waals surface area contributed by atoms with Gasteiger partial charge in [-0.05, 0) is 70.3 Å². The highest BCUT2D eigenvalue weighted by molar-refractivity contribution is 6.16. The number of nitrogens with zero attached hydrogens (tertiary/aromatic N) is 8. The van der Waals surface area contributed by atoms with Crippen molar-refractivity contribution in [3.05, 3.63) is 328 Å². The smallest absolute Gasteiger partial charge is 0.166 e. The van der Waals surface area contributed by atoms with Gasteiger partial charge in [-0.2, -0.15) is 0 Å². The van der Waals surface area contributed by atoms with Crippen LogP contribution in [0.5, 0.6) is 0 Å². The summed E-state index contributed by atoms with van der Waals surface area (Å²) in [4.78, 5) is 31.9. The second-order valence-corrected chi connectivity index (χ2v) is 25.3. The summed E-state index contributed by atoms with van der Waals surface area (Å²) >= 11 is 0. The van der Waals surface area contributed by atoms with E-state index < -0.39 is 0 Å². The molecule has 0 amide bonds. The molecule has 0 fully saturated rings. The summed E-state index contributed by atoms with van der Waals surface area (Å²) in [7, 11) is 0. The number of para-hydroxylation sites is 5. The lowest BCUT2D eigenvalue weighted by molar-refractivity contribution is 0.668. The zero-order valence-corrected chi connectivity index (χ0v) is 53.6. The van der Waals surface area contributed by atoms with E-state index in [9.17, 15) is 0 Å². The Bertz CT molecular complexity index is 6560. The lowest BCUT2D eigenvalue weighted by Gasteiger charge is -2.16. The topological polar surface area (TPSA) is 113 Å². The second kappa shape index (κ2) is 23.0. The highest BCUT2D eigenvalue weighted by atomic mass is 16.3. The molecule has 0 aliphatic rings. The SMILES string of the molecule is c1ccc(-c2nc(-c3ccccc3)nc(-c3cc4c(cc3-n3c5ccccc5c5ccc(-c6ccc(-c7ccc(-c8nc(-c9ccccc9)nc(-c9cc%10c(cc9-n9c%11ccccc%11c%11cccc(-c%12ccccc%12)c%119)oc9ccccc9%10)n8)cc7)cc6)cc53)oc3ccccc34)n2)cc1. The van der Waals surface area contributed by atoms with E-state index in [2.05, 4.69) is 234 Å². The third-order valence-corrected chi connectivity index (χ3v) is 19.5. The van der Waals surface area contributed by atoms with E-state index in [1.165, 1.54) is 0 Å². The number of aromatic nitrogens is 8. The number of rotatable bonds is 11. The van der Waals surface area contributed by atoms with Crippen LogP contribution in [0.15, 0.2) is 336 Å². The maximum absolute atomic E-state index is 6.71. The summed E-state index contributed by atoms with van der Waals surface area (Å²) in [5, 5.41) is 8.50. The Morgan fingerprint density at radius 3 is 1.04 bits per heavy atom. The first kappa shape index (κ1) is 56.6. The van der Waals surface area contributed by atoms with Gasteiger partial charge in [-0.3, -0.25) is 0 Å². The minimum absolute atomic E-state index is 0.540. The van der Waals surface area contributed by atoms with Crippen LogP contribution in [-0.2, 0) is 0 Å². The van der Waals surface area contributed by atoms with Crippen molar-refractivity contribution >= 4 is 87.5 Å². The predicted octanol–water partition coefficient (Wildman–Crippen LogP) is 23.1. The lowest BCUT2D eigenvalue weighted by atomic mass is 9.98. The van der Waals surface area contributed by atoms with Gasteiger partial charge in [-0.15, -0.1) is 0 Å². The van der Waals surface area contributed by atoms with E-state index in [0.29, 0.717) is 34.9 Å². The fraction of sp³-hybridized carbons (Fsp3) is 0. The Balaban J connectivity index is 0.699. The van der Waals surface area contributed by atoms with Crippen molar-refractivity contribution in [2.24, 2.45) is 0 Å². The number of benzene rings is 14. The molecule has 20 rings (SSSR count). The number of furan rings is 2. The van der Waals surface area contributed by atoms with E-state index >= 15 is 0 Å². The largest absolute Gasteiger partial charge is 0.456 e. The van der Waals surface area contributed by atoms with Crippen LogP contribution in [0.25, 0.3) is 201 Å². The first-order valence-electron chi connectivity index (χ1n) is 33.5. The number of hydrogen-bond acceptors (Lipinski definition) is 8. The zero-order chi connectivity index (χ0) is 65.8. The van der Waals surface area contributed by atoms with Crippen molar-refractivity contribution in [1.82, 2.24) is 39.0 Å². The van der Waals surface area contributed by atoms with Crippen molar-refractivity contribution in [2.45, 2.75) is 0 Å². The summed E-state index contributed by atoms with van der Waals surface area (Å²) in [5.74, 6) is 3.39. The molecule has 0 aliphatic heterocycles. The van der Waals surface area contributed by atoms with Gasteiger partial charge in [-0.1, -0.05) is 273 Å². The van der Waals surface area contributed by atoms with Gasteiger partial charge in [0.05, 0.1) is 33.4 Å². The number of hydrogen-bond donors (Lipinski definition) is 0. The van der Waals surface area contributed by atoms with E-state index in [4.69, 9.17) is 38.7 Å². The average molecular weight is 1280 g/mol. The van der Waals surface area contributed by atoms with Crippen molar-refractivity contribution in [2.75, 3.05) is 0 Å². The minimum atomic E-state index is 0.540. The van der Waals surface area contributed by atoms with Gasteiger partial charge < -0.3 is 18.0 Å². The Hall–Kier alpha value is -13.7. The van der Waals surface area contributed by atoms with Gasteiger partial charge in [0.2, 0.25) is 0 Å². The molecule has 0 radical (unpaired) electrons. The average Bonchev–Trinajstić information content (AvgIpc) is 1.61. The molecule has 14 aromatic carbocycles. The Kier molecular flexibility index (Phi) is 13.0. The summed E-state index contributed by atoms with van der Waals surface area (Å²) < 4.78 is 18.1. The molecule has 20 aromatic rings. The van der Waals surface area contributed by atoms with Crippen molar-refractivity contribution in [1.29, 1.82) is 0 Å². The van der Waals surface area contributed by atoms with E-state index in [0.717, 1.165) is 166 Å². The summed E-state index contributed by atoms with van der Waals surface area (Å²) in [6.45, 7) is 0. The van der Waals surface area contributed by atoms with E-state index in [1.54, 1.807) is 0 Å². The fourth-order valence-corrected chi connectivity index (χ4v) is 14.7. The van der Waals surface area contributed by atoms with Crippen molar-refractivity contribution in [3.63, 3.8) is 0 Å². The molecular weight excluding hydrogens is 1230 g/mol. The Morgan fingerprint density at radius 1 is 0.190 bits per heavy atom. The monoisotopic (exact) mass is 1280 g/mol. The van der Waals surface area contributed by atoms with Crippen LogP contribution in [0.2, 0.25) is 0 Å². The minimum Gasteiger partial charge on any atom is -0.456 e. The molecule has 0 saturated heterocycles. The van der Waals surface area contributed by atoms with Crippen LogP contribution in [0, 0.1) is 0 Å². The highest BCUT2D eigenvalue weighted by Gasteiger charge is 2.26. The molecule has 6 heterocycles. The summed E-state index contributed by atoms with van der Waals surface area (Å²) in [5.41, 5.74) is 20.9. The van der Waals surface area contributed by atoms with Gasteiger partial charge in [0.15, 0.2) is 34.9 Å². The number of fused-ring (bicyclic) bond motifs is 12. The van der Waals surface area contributed by atoms with Crippen LogP contribution in [0.3, 0.4) is 0 Å². The molecule has 466 valence electrons. The van der Waals surface area contributed by atoms with Crippen LogP contribution in [-0.4, -0.2) is 39.0 Å². The maximum Gasteiger partial charge on any atom is 0.166 e. The summed E-state index contributed by atoms with van der Waals surface area (Å²) in [6.07, 6.45) is 0. The normalized spacial score (nSPS) is 11.8. The van der Waals surface area contributed by atoms with Crippen LogP contribution < -0.4 is 0 Å². The van der Waals surface area contributed by atoms with Gasteiger partial charge in [0.1, 0.15) is 22.3 Å². The van der Waals surface area contributed by atoms with Gasteiger partial charge in [-0.25, -0.2) is 29.9 Å². The predicted molar refractivity (Wildman–Crippen MR) is 405 cm³/mol.